The van der Waals surface area contributed by atoms with Crippen LogP contribution in [0.25, 0.3) is 0 Å². The second-order valence-electron chi connectivity index (χ2n) is 11.7. The van der Waals surface area contributed by atoms with E-state index < -0.39 is 0 Å². The number of piperidine rings is 2. The summed E-state index contributed by atoms with van der Waals surface area (Å²) < 4.78 is 0. The van der Waals surface area contributed by atoms with Crippen molar-refractivity contribution in [2.45, 2.75) is 64.7 Å². The van der Waals surface area contributed by atoms with E-state index in [4.69, 9.17) is 23.2 Å². The highest BCUT2D eigenvalue weighted by Crippen LogP contribution is 2.41. The average Bonchev–Trinajstić information content (AvgIpc) is 2.85. The van der Waals surface area contributed by atoms with E-state index in [1.807, 2.05) is 32.9 Å². The van der Waals surface area contributed by atoms with E-state index in [9.17, 15) is 4.79 Å². The molecule has 2 aliphatic rings. The van der Waals surface area contributed by atoms with Crippen molar-refractivity contribution < 1.29 is 4.79 Å². The van der Waals surface area contributed by atoms with Crippen molar-refractivity contribution in [2.75, 3.05) is 32.7 Å². The van der Waals surface area contributed by atoms with Crippen LogP contribution in [-0.2, 0) is 16.6 Å². The van der Waals surface area contributed by atoms with Gasteiger partial charge in [-0.25, -0.2) is 0 Å². The van der Waals surface area contributed by atoms with Gasteiger partial charge in [-0.05, 0) is 87.3 Å². The minimum absolute atomic E-state index is 0.0890. The van der Waals surface area contributed by atoms with Crippen molar-refractivity contribution >= 4 is 29.1 Å². The Bertz CT molecular complexity index is 995. The molecular formula is C30H40Cl2N2O. The first-order chi connectivity index (χ1) is 16.7. The summed E-state index contributed by atoms with van der Waals surface area (Å²) in [5, 5.41) is 1.19. The second-order valence-corrected chi connectivity index (χ2v) is 12.5. The molecule has 1 atom stereocenters. The number of rotatable bonds is 6. The van der Waals surface area contributed by atoms with Crippen LogP contribution in [0.5, 0.6) is 0 Å². The van der Waals surface area contributed by atoms with Crippen LogP contribution in [0.1, 0.15) is 64.0 Å². The summed E-state index contributed by atoms with van der Waals surface area (Å²) in [5.41, 5.74) is 2.21. The van der Waals surface area contributed by atoms with Crippen molar-refractivity contribution in [1.82, 2.24) is 9.80 Å². The van der Waals surface area contributed by atoms with E-state index in [2.05, 4.69) is 46.2 Å². The molecule has 5 heteroatoms. The Morgan fingerprint density at radius 1 is 1.00 bits per heavy atom. The summed E-state index contributed by atoms with van der Waals surface area (Å²) in [6.45, 7) is 11.0. The number of nitrogens with zero attached hydrogens (tertiary/aromatic N) is 2. The van der Waals surface area contributed by atoms with E-state index >= 15 is 0 Å². The Balaban J connectivity index is 1.44. The SMILES string of the molecule is CC(C)(C)C(=O)N1CCCC(CCN2CCC(Cc3ccccc3)CC2)(c2ccc(Cl)c(Cl)c2)C1. The van der Waals surface area contributed by atoms with Crippen LogP contribution >= 0.6 is 23.2 Å². The van der Waals surface area contributed by atoms with Gasteiger partial charge in [0.05, 0.1) is 10.0 Å². The number of hydrogen-bond donors (Lipinski definition) is 0. The van der Waals surface area contributed by atoms with Crippen molar-refractivity contribution in [1.29, 1.82) is 0 Å². The monoisotopic (exact) mass is 514 g/mol. The predicted molar refractivity (Wildman–Crippen MR) is 147 cm³/mol. The maximum absolute atomic E-state index is 13.2. The third-order valence-corrected chi connectivity index (χ3v) is 8.76. The minimum Gasteiger partial charge on any atom is -0.341 e. The standard InChI is InChI=1S/C30H40Cl2N2O/c1-29(2,3)28(35)34-16-7-14-30(22-34,25-10-11-26(31)27(32)21-25)15-19-33-17-12-24(13-18-33)20-23-8-5-4-6-9-23/h4-6,8-11,21,24H,7,12-20,22H2,1-3H3. The highest BCUT2D eigenvalue weighted by atomic mass is 35.5. The fraction of sp³-hybridized carbons (Fsp3) is 0.567. The summed E-state index contributed by atoms with van der Waals surface area (Å²) in [5.74, 6) is 1.01. The smallest absolute Gasteiger partial charge is 0.227 e. The van der Waals surface area contributed by atoms with Gasteiger partial charge in [-0.3, -0.25) is 4.79 Å². The van der Waals surface area contributed by atoms with Gasteiger partial charge in [0.15, 0.2) is 0 Å². The van der Waals surface area contributed by atoms with Gasteiger partial charge in [0.2, 0.25) is 5.91 Å². The van der Waals surface area contributed by atoms with Gasteiger partial charge in [-0.15, -0.1) is 0 Å². The zero-order valence-electron chi connectivity index (χ0n) is 21.5. The Morgan fingerprint density at radius 3 is 2.37 bits per heavy atom. The normalized spacial score (nSPS) is 22.4. The zero-order valence-corrected chi connectivity index (χ0v) is 23.0. The van der Waals surface area contributed by atoms with Crippen LogP contribution < -0.4 is 0 Å². The molecule has 0 aromatic heterocycles. The molecule has 4 rings (SSSR count). The Morgan fingerprint density at radius 2 is 1.71 bits per heavy atom. The summed E-state index contributed by atoms with van der Waals surface area (Å²) >= 11 is 12.7. The molecule has 2 heterocycles. The van der Waals surface area contributed by atoms with Crippen molar-refractivity contribution in [3.8, 4) is 0 Å². The first kappa shape index (κ1) is 26.5. The molecule has 0 aliphatic carbocycles. The summed E-state index contributed by atoms with van der Waals surface area (Å²) in [6.07, 6.45) is 6.81. The van der Waals surface area contributed by atoms with E-state index in [-0.39, 0.29) is 16.7 Å². The van der Waals surface area contributed by atoms with Crippen LogP contribution in [0, 0.1) is 11.3 Å². The lowest BCUT2D eigenvalue weighted by Gasteiger charge is -2.46. The summed E-state index contributed by atoms with van der Waals surface area (Å²) in [7, 11) is 0. The number of halogens is 2. The first-order valence-corrected chi connectivity index (χ1v) is 13.9. The largest absolute Gasteiger partial charge is 0.341 e. The topological polar surface area (TPSA) is 23.6 Å². The molecule has 1 amide bonds. The molecule has 2 aromatic rings. The maximum Gasteiger partial charge on any atom is 0.227 e. The molecule has 190 valence electrons. The lowest BCUT2D eigenvalue weighted by atomic mass is 9.71. The molecule has 0 N–H and O–H groups in total. The fourth-order valence-corrected chi connectivity index (χ4v) is 6.22. The number of amides is 1. The molecule has 3 nitrogen and oxygen atoms in total. The van der Waals surface area contributed by atoms with Gasteiger partial charge in [-0.2, -0.15) is 0 Å². The molecular weight excluding hydrogens is 475 g/mol. The van der Waals surface area contributed by atoms with Gasteiger partial charge >= 0.3 is 0 Å². The van der Waals surface area contributed by atoms with Crippen LogP contribution in [0.4, 0.5) is 0 Å². The molecule has 0 radical (unpaired) electrons. The van der Waals surface area contributed by atoms with E-state index in [0.717, 1.165) is 57.9 Å². The third-order valence-electron chi connectivity index (χ3n) is 8.02. The van der Waals surface area contributed by atoms with E-state index in [0.29, 0.717) is 10.0 Å². The maximum atomic E-state index is 13.2. The molecule has 0 bridgehead atoms. The highest BCUT2D eigenvalue weighted by molar-refractivity contribution is 6.42. The number of carbonyl (C=O) groups is 1. The van der Waals surface area contributed by atoms with Crippen LogP contribution in [0.3, 0.4) is 0 Å². The van der Waals surface area contributed by atoms with Crippen LogP contribution in [0.15, 0.2) is 48.5 Å². The second kappa shape index (κ2) is 11.2. The fourth-order valence-electron chi connectivity index (χ4n) is 5.92. The third kappa shape index (κ3) is 6.61. The molecule has 1 unspecified atom stereocenters. The number of benzene rings is 2. The van der Waals surface area contributed by atoms with Crippen molar-refractivity contribution in [2.24, 2.45) is 11.3 Å². The Hall–Kier alpha value is -1.55. The number of likely N-dealkylation sites (tertiary alicyclic amines) is 2. The van der Waals surface area contributed by atoms with Gasteiger partial charge < -0.3 is 9.80 Å². The molecule has 2 aromatic carbocycles. The Kier molecular flexibility index (Phi) is 8.51. The van der Waals surface area contributed by atoms with Crippen molar-refractivity contribution in [3.05, 3.63) is 69.7 Å². The molecule has 2 fully saturated rings. The van der Waals surface area contributed by atoms with E-state index in [1.54, 1.807) is 0 Å². The average molecular weight is 516 g/mol. The number of hydrogen-bond acceptors (Lipinski definition) is 2. The first-order valence-electron chi connectivity index (χ1n) is 13.2. The lowest BCUT2D eigenvalue weighted by Crippen LogP contribution is -2.52. The molecule has 0 spiro atoms. The van der Waals surface area contributed by atoms with Gasteiger partial charge in [0.1, 0.15) is 0 Å². The zero-order chi connectivity index (χ0) is 25.1. The van der Waals surface area contributed by atoms with Crippen molar-refractivity contribution in [3.63, 3.8) is 0 Å². The quantitative estimate of drug-likeness (QED) is 0.405. The molecule has 0 saturated carbocycles. The molecule has 2 saturated heterocycles. The van der Waals surface area contributed by atoms with E-state index in [1.165, 1.54) is 30.4 Å². The van der Waals surface area contributed by atoms with Crippen LogP contribution in [0.2, 0.25) is 10.0 Å². The molecule has 35 heavy (non-hydrogen) atoms. The lowest BCUT2D eigenvalue weighted by molar-refractivity contribution is -0.142. The van der Waals surface area contributed by atoms with Gasteiger partial charge in [-0.1, -0.05) is 80.4 Å². The van der Waals surface area contributed by atoms with Crippen LogP contribution in [-0.4, -0.2) is 48.4 Å². The Labute approximate surface area is 221 Å². The summed E-state index contributed by atoms with van der Waals surface area (Å²) in [4.78, 5) is 17.9. The molecule has 2 aliphatic heterocycles. The minimum atomic E-state index is -0.374. The highest BCUT2D eigenvalue weighted by Gasteiger charge is 2.41. The van der Waals surface area contributed by atoms with Gasteiger partial charge in [0, 0.05) is 23.9 Å². The predicted octanol–water partition coefficient (Wildman–Crippen LogP) is 7.24. The van der Waals surface area contributed by atoms with Gasteiger partial charge in [0.25, 0.3) is 0 Å². The summed E-state index contributed by atoms with van der Waals surface area (Å²) in [6, 6.07) is 17.0. The number of carbonyl (C=O) groups excluding carboxylic acids is 1.